The highest BCUT2D eigenvalue weighted by Crippen LogP contribution is 2.15. The summed E-state index contributed by atoms with van der Waals surface area (Å²) < 4.78 is 0. The molecule has 0 aliphatic carbocycles. The van der Waals surface area contributed by atoms with E-state index >= 15 is 0 Å². The number of nitrogens with one attached hydrogen (secondary N) is 1. The Balaban J connectivity index is 0.000000640. The highest BCUT2D eigenvalue weighted by Gasteiger charge is 2.26. The summed E-state index contributed by atoms with van der Waals surface area (Å²) in [4.78, 5) is 0. The number of nitrogens with zero attached hydrogens (tertiary/aromatic N) is 1. The summed E-state index contributed by atoms with van der Waals surface area (Å²) in [5.74, 6) is 0. The molecule has 0 aromatic heterocycles. The van der Waals surface area contributed by atoms with Gasteiger partial charge in [0.05, 0.1) is 6.07 Å². The summed E-state index contributed by atoms with van der Waals surface area (Å²) in [5, 5.41) is 11.6. The molecule has 3 heteroatoms. The average molecular weight is 147 g/mol. The smallest absolute Gasteiger partial charge is 0.103 e. The van der Waals surface area contributed by atoms with Crippen molar-refractivity contribution in [1.29, 1.82) is 5.26 Å². The number of hydrogen-bond donors (Lipinski definition) is 1. The van der Waals surface area contributed by atoms with E-state index in [1.54, 1.807) is 0 Å². The fourth-order valence-corrected chi connectivity index (χ4v) is 0.990. The molecule has 0 bridgehead atoms. The lowest BCUT2D eigenvalue weighted by Crippen LogP contribution is -2.33. The van der Waals surface area contributed by atoms with E-state index in [1.165, 1.54) is 0 Å². The van der Waals surface area contributed by atoms with Crippen LogP contribution in [-0.2, 0) is 0 Å². The Morgan fingerprint density at radius 1 is 1.67 bits per heavy atom. The quantitative estimate of drug-likeness (QED) is 0.555. The minimum absolute atomic E-state index is 0. The zero-order valence-corrected chi connectivity index (χ0v) is 6.29. The van der Waals surface area contributed by atoms with Gasteiger partial charge in [0.25, 0.3) is 0 Å². The molecule has 0 amide bonds. The van der Waals surface area contributed by atoms with Crippen molar-refractivity contribution in [2.45, 2.75) is 25.3 Å². The van der Waals surface area contributed by atoms with Crippen molar-refractivity contribution in [3.05, 3.63) is 0 Å². The van der Waals surface area contributed by atoms with E-state index in [-0.39, 0.29) is 17.9 Å². The van der Waals surface area contributed by atoms with Gasteiger partial charge in [-0.1, -0.05) is 0 Å². The van der Waals surface area contributed by atoms with Crippen LogP contribution in [0.25, 0.3) is 0 Å². The Hall–Kier alpha value is -0.260. The van der Waals surface area contributed by atoms with E-state index in [2.05, 4.69) is 11.4 Å². The molecule has 0 saturated carbocycles. The molecule has 1 atom stereocenters. The fraction of sp³-hybridized carbons (Fsp3) is 0.833. The minimum atomic E-state index is -0.208. The molecule has 0 spiro atoms. The Kier molecular flexibility index (Phi) is 2.96. The first-order chi connectivity index (χ1) is 3.77. The van der Waals surface area contributed by atoms with Crippen LogP contribution in [0.3, 0.4) is 0 Å². The highest BCUT2D eigenvalue weighted by molar-refractivity contribution is 5.85. The predicted octanol–water partition coefficient (Wildman–Crippen LogP) is 1.07. The van der Waals surface area contributed by atoms with Crippen molar-refractivity contribution in [2.75, 3.05) is 6.54 Å². The van der Waals surface area contributed by atoms with Crippen LogP contribution in [0.15, 0.2) is 0 Å². The maximum atomic E-state index is 8.51. The summed E-state index contributed by atoms with van der Waals surface area (Å²) in [6.45, 7) is 2.95. The standard InChI is InChI=1S/C6H10N2.ClH/c1-6(5-7)3-2-4-8-6;/h8H,2-4H2,1H3;1H. The van der Waals surface area contributed by atoms with E-state index in [0.717, 1.165) is 19.4 Å². The van der Waals surface area contributed by atoms with Crippen LogP contribution in [-0.4, -0.2) is 12.1 Å². The normalized spacial score (nSPS) is 32.9. The van der Waals surface area contributed by atoms with Gasteiger partial charge in [-0.15, -0.1) is 12.4 Å². The lowest BCUT2D eigenvalue weighted by molar-refractivity contribution is 0.533. The molecule has 52 valence electrons. The maximum Gasteiger partial charge on any atom is 0.103 e. The second kappa shape index (κ2) is 3.05. The molecule has 1 rings (SSSR count). The Morgan fingerprint density at radius 3 is 2.56 bits per heavy atom. The molecule has 1 aliphatic heterocycles. The lowest BCUT2D eigenvalue weighted by Gasteiger charge is -2.11. The van der Waals surface area contributed by atoms with Crippen LogP contribution in [0.5, 0.6) is 0 Å². The highest BCUT2D eigenvalue weighted by atomic mass is 35.5. The first kappa shape index (κ1) is 8.74. The zero-order valence-electron chi connectivity index (χ0n) is 5.48. The van der Waals surface area contributed by atoms with Crippen LogP contribution >= 0.6 is 12.4 Å². The molecular weight excluding hydrogens is 136 g/mol. The molecule has 9 heavy (non-hydrogen) atoms. The first-order valence-corrected chi connectivity index (χ1v) is 2.93. The van der Waals surface area contributed by atoms with Gasteiger partial charge in [-0.3, -0.25) is 5.32 Å². The Morgan fingerprint density at radius 2 is 2.33 bits per heavy atom. The summed E-state index contributed by atoms with van der Waals surface area (Å²) in [7, 11) is 0. The van der Waals surface area contributed by atoms with Gasteiger partial charge in [0.1, 0.15) is 5.54 Å². The van der Waals surface area contributed by atoms with Gasteiger partial charge in [-0.2, -0.15) is 5.26 Å². The lowest BCUT2D eigenvalue weighted by atomic mass is 10.0. The molecule has 1 fully saturated rings. The number of rotatable bonds is 0. The van der Waals surface area contributed by atoms with Crippen LogP contribution < -0.4 is 5.32 Å². The van der Waals surface area contributed by atoms with Crippen LogP contribution in [0.2, 0.25) is 0 Å². The molecule has 1 aliphatic rings. The molecule has 0 radical (unpaired) electrons. The number of hydrogen-bond acceptors (Lipinski definition) is 2. The third-order valence-electron chi connectivity index (χ3n) is 1.62. The second-order valence-electron chi connectivity index (χ2n) is 2.47. The van der Waals surface area contributed by atoms with Crippen LogP contribution in [0.4, 0.5) is 0 Å². The van der Waals surface area contributed by atoms with E-state index in [9.17, 15) is 0 Å². The molecule has 1 unspecified atom stereocenters. The van der Waals surface area contributed by atoms with Crippen LogP contribution in [0, 0.1) is 11.3 Å². The van der Waals surface area contributed by atoms with Gasteiger partial charge in [0, 0.05) is 0 Å². The van der Waals surface area contributed by atoms with Crippen molar-refractivity contribution < 1.29 is 0 Å². The van der Waals surface area contributed by atoms with Gasteiger partial charge >= 0.3 is 0 Å². The first-order valence-electron chi connectivity index (χ1n) is 2.93. The largest absolute Gasteiger partial charge is 0.300 e. The Labute approximate surface area is 61.7 Å². The molecule has 1 saturated heterocycles. The minimum Gasteiger partial charge on any atom is -0.300 e. The van der Waals surface area contributed by atoms with Crippen molar-refractivity contribution in [1.82, 2.24) is 5.32 Å². The number of nitriles is 1. The van der Waals surface area contributed by atoms with Gasteiger partial charge in [-0.25, -0.2) is 0 Å². The SMILES string of the molecule is CC1(C#N)CCCN1.Cl. The molecule has 0 aromatic rings. The van der Waals surface area contributed by atoms with Gasteiger partial charge in [-0.05, 0) is 26.3 Å². The molecule has 1 heterocycles. The van der Waals surface area contributed by atoms with Crippen molar-refractivity contribution in [3.8, 4) is 6.07 Å². The van der Waals surface area contributed by atoms with Gasteiger partial charge in [0.2, 0.25) is 0 Å². The van der Waals surface area contributed by atoms with E-state index in [1.807, 2.05) is 6.92 Å². The summed E-state index contributed by atoms with van der Waals surface area (Å²) in [6.07, 6.45) is 2.15. The third-order valence-corrected chi connectivity index (χ3v) is 1.62. The predicted molar refractivity (Wildman–Crippen MR) is 38.5 cm³/mol. The van der Waals surface area contributed by atoms with E-state index in [0.29, 0.717) is 0 Å². The summed E-state index contributed by atoms with van der Waals surface area (Å²) in [5.41, 5.74) is -0.208. The summed E-state index contributed by atoms with van der Waals surface area (Å²) >= 11 is 0. The van der Waals surface area contributed by atoms with Gasteiger partial charge < -0.3 is 0 Å². The zero-order chi connectivity index (χ0) is 6.04. The molecule has 2 nitrogen and oxygen atoms in total. The second-order valence-corrected chi connectivity index (χ2v) is 2.47. The number of halogens is 1. The van der Waals surface area contributed by atoms with Crippen LogP contribution in [0.1, 0.15) is 19.8 Å². The van der Waals surface area contributed by atoms with E-state index in [4.69, 9.17) is 5.26 Å². The van der Waals surface area contributed by atoms with Gasteiger partial charge in [0.15, 0.2) is 0 Å². The third kappa shape index (κ3) is 1.85. The monoisotopic (exact) mass is 146 g/mol. The van der Waals surface area contributed by atoms with Crippen molar-refractivity contribution >= 4 is 12.4 Å². The maximum absolute atomic E-state index is 8.51. The van der Waals surface area contributed by atoms with E-state index < -0.39 is 0 Å². The Bertz CT molecular complexity index is 122. The summed E-state index contributed by atoms with van der Waals surface area (Å²) in [6, 6.07) is 2.23. The van der Waals surface area contributed by atoms with Crippen molar-refractivity contribution in [2.24, 2.45) is 0 Å². The van der Waals surface area contributed by atoms with Crippen molar-refractivity contribution in [3.63, 3.8) is 0 Å². The molecule has 0 aromatic carbocycles. The fourth-order valence-electron chi connectivity index (χ4n) is 0.990. The molecular formula is C6H11ClN2. The topological polar surface area (TPSA) is 35.8 Å². The molecule has 1 N–H and O–H groups in total. The average Bonchev–Trinajstić information content (AvgIpc) is 2.17.